The van der Waals surface area contributed by atoms with Crippen molar-refractivity contribution in [3.8, 4) is 11.5 Å². The van der Waals surface area contributed by atoms with Gasteiger partial charge in [-0.3, -0.25) is 4.79 Å². The molecule has 0 atom stereocenters. The van der Waals surface area contributed by atoms with Gasteiger partial charge in [0.25, 0.3) is 5.91 Å². The lowest BCUT2D eigenvalue weighted by atomic mass is 10.2. The van der Waals surface area contributed by atoms with Gasteiger partial charge in [0.1, 0.15) is 5.82 Å². The predicted octanol–water partition coefficient (Wildman–Crippen LogP) is 3.47. The van der Waals surface area contributed by atoms with Gasteiger partial charge in [-0.15, -0.1) is 0 Å². The second-order valence-corrected chi connectivity index (χ2v) is 4.97. The zero-order valence-electron chi connectivity index (χ0n) is 12.8. The van der Waals surface area contributed by atoms with Gasteiger partial charge in [0.15, 0.2) is 18.1 Å². The maximum Gasteiger partial charge on any atom is 0.262 e. The van der Waals surface area contributed by atoms with Crippen LogP contribution in [0.3, 0.4) is 0 Å². The molecule has 0 saturated carbocycles. The van der Waals surface area contributed by atoms with E-state index in [0.717, 1.165) is 11.1 Å². The van der Waals surface area contributed by atoms with Crippen molar-refractivity contribution in [1.29, 1.82) is 0 Å². The minimum Gasteiger partial charge on any atom is -0.493 e. The average Bonchev–Trinajstić information content (AvgIpc) is 2.48. The minimum absolute atomic E-state index is 0.134. The van der Waals surface area contributed by atoms with Gasteiger partial charge in [-0.2, -0.15) is 0 Å². The van der Waals surface area contributed by atoms with E-state index in [0.29, 0.717) is 11.5 Å². The minimum atomic E-state index is -0.471. The number of amides is 1. The number of carbonyl (C=O) groups excluding carboxylic acids is 1. The summed E-state index contributed by atoms with van der Waals surface area (Å²) < 4.78 is 24.3. The van der Waals surface area contributed by atoms with Crippen LogP contribution in [0.15, 0.2) is 36.4 Å². The first-order valence-corrected chi connectivity index (χ1v) is 6.83. The number of rotatable bonds is 5. The Morgan fingerprint density at radius 1 is 1.09 bits per heavy atom. The number of hydrogen-bond acceptors (Lipinski definition) is 3. The molecule has 0 unspecified atom stereocenters. The fourth-order valence-electron chi connectivity index (χ4n) is 1.95. The number of carbonyl (C=O) groups is 1. The summed E-state index contributed by atoms with van der Waals surface area (Å²) in [5.74, 6) is 0.105. The van der Waals surface area contributed by atoms with Crippen molar-refractivity contribution in [2.75, 3.05) is 19.0 Å². The third-order valence-electron chi connectivity index (χ3n) is 3.08. The topological polar surface area (TPSA) is 47.6 Å². The smallest absolute Gasteiger partial charge is 0.262 e. The fraction of sp³-hybridized carbons (Fsp3) is 0.235. The lowest BCUT2D eigenvalue weighted by molar-refractivity contribution is -0.118. The second-order valence-electron chi connectivity index (χ2n) is 4.97. The Morgan fingerprint density at radius 2 is 1.77 bits per heavy atom. The van der Waals surface area contributed by atoms with E-state index in [9.17, 15) is 9.18 Å². The van der Waals surface area contributed by atoms with Crippen molar-refractivity contribution >= 4 is 11.6 Å². The summed E-state index contributed by atoms with van der Waals surface area (Å²) in [7, 11) is 1.53. The molecule has 0 saturated heterocycles. The van der Waals surface area contributed by atoms with E-state index in [1.807, 2.05) is 19.1 Å². The number of methoxy groups -OCH3 is 1. The van der Waals surface area contributed by atoms with Gasteiger partial charge in [-0.25, -0.2) is 4.39 Å². The predicted molar refractivity (Wildman–Crippen MR) is 83.0 cm³/mol. The van der Waals surface area contributed by atoms with Crippen LogP contribution < -0.4 is 14.8 Å². The summed E-state index contributed by atoms with van der Waals surface area (Å²) in [5.41, 5.74) is 1.95. The monoisotopic (exact) mass is 303 g/mol. The molecular formula is C17H18FNO3. The normalized spacial score (nSPS) is 10.2. The summed E-state index contributed by atoms with van der Waals surface area (Å²) >= 11 is 0. The van der Waals surface area contributed by atoms with Gasteiger partial charge in [-0.05, 0) is 49.2 Å². The molecule has 116 valence electrons. The number of hydrogen-bond donors (Lipinski definition) is 1. The molecule has 2 aromatic carbocycles. The van der Waals surface area contributed by atoms with Crippen molar-refractivity contribution in [2.45, 2.75) is 13.8 Å². The van der Waals surface area contributed by atoms with E-state index in [1.54, 1.807) is 19.1 Å². The highest BCUT2D eigenvalue weighted by atomic mass is 19.1. The molecule has 0 aliphatic rings. The largest absolute Gasteiger partial charge is 0.493 e. The molecule has 0 aliphatic carbocycles. The van der Waals surface area contributed by atoms with E-state index >= 15 is 0 Å². The van der Waals surface area contributed by atoms with Crippen molar-refractivity contribution in [3.63, 3.8) is 0 Å². The first-order valence-electron chi connectivity index (χ1n) is 6.83. The van der Waals surface area contributed by atoms with Crippen LogP contribution >= 0.6 is 0 Å². The van der Waals surface area contributed by atoms with Crippen LogP contribution in [-0.4, -0.2) is 19.6 Å². The molecule has 1 amide bonds. The van der Waals surface area contributed by atoms with E-state index in [4.69, 9.17) is 9.47 Å². The maximum absolute atomic E-state index is 13.7. The molecule has 0 fully saturated rings. The third kappa shape index (κ3) is 3.97. The van der Waals surface area contributed by atoms with Gasteiger partial charge in [0, 0.05) is 0 Å². The molecule has 2 aromatic rings. The van der Waals surface area contributed by atoms with Gasteiger partial charge in [0.2, 0.25) is 0 Å². The number of aryl methyl sites for hydroxylation is 2. The molecule has 0 aliphatic heterocycles. The zero-order chi connectivity index (χ0) is 16.1. The highest BCUT2D eigenvalue weighted by Crippen LogP contribution is 2.27. The van der Waals surface area contributed by atoms with Crippen LogP contribution in [0, 0.1) is 19.7 Å². The Morgan fingerprint density at radius 3 is 2.45 bits per heavy atom. The quantitative estimate of drug-likeness (QED) is 0.920. The summed E-state index contributed by atoms with van der Waals surface area (Å²) in [6.07, 6.45) is 0. The number of benzene rings is 2. The van der Waals surface area contributed by atoms with E-state index in [2.05, 4.69) is 5.32 Å². The van der Waals surface area contributed by atoms with Crippen LogP contribution in [0.2, 0.25) is 0 Å². The summed E-state index contributed by atoms with van der Waals surface area (Å²) in [6.45, 7) is 3.48. The van der Waals surface area contributed by atoms with E-state index in [-0.39, 0.29) is 12.3 Å². The van der Waals surface area contributed by atoms with Crippen molar-refractivity contribution in [3.05, 3.63) is 53.3 Å². The highest BCUT2D eigenvalue weighted by molar-refractivity contribution is 5.92. The Bertz CT molecular complexity index is 686. The zero-order valence-corrected chi connectivity index (χ0v) is 12.8. The molecule has 0 aromatic heterocycles. The molecule has 0 heterocycles. The number of ether oxygens (including phenoxy) is 2. The number of nitrogens with one attached hydrogen (secondary N) is 1. The number of halogens is 1. The van der Waals surface area contributed by atoms with Crippen LogP contribution in [0.1, 0.15) is 11.1 Å². The number of anilines is 1. The van der Waals surface area contributed by atoms with Crippen LogP contribution in [0.25, 0.3) is 0 Å². The van der Waals surface area contributed by atoms with Crippen LogP contribution in [-0.2, 0) is 4.79 Å². The maximum atomic E-state index is 13.7. The molecule has 2 rings (SSSR count). The van der Waals surface area contributed by atoms with Gasteiger partial charge < -0.3 is 14.8 Å². The lowest BCUT2D eigenvalue weighted by Gasteiger charge is -2.12. The van der Waals surface area contributed by atoms with Gasteiger partial charge in [0.05, 0.1) is 12.8 Å². The summed E-state index contributed by atoms with van der Waals surface area (Å²) in [4.78, 5) is 11.8. The molecule has 5 heteroatoms. The van der Waals surface area contributed by atoms with Crippen molar-refractivity contribution < 1.29 is 18.7 Å². The Labute approximate surface area is 128 Å². The van der Waals surface area contributed by atoms with Gasteiger partial charge >= 0.3 is 0 Å². The first-order chi connectivity index (χ1) is 10.5. The summed E-state index contributed by atoms with van der Waals surface area (Å²) in [5, 5.41) is 2.48. The van der Waals surface area contributed by atoms with Crippen LogP contribution in [0.5, 0.6) is 11.5 Å². The molecule has 22 heavy (non-hydrogen) atoms. The van der Waals surface area contributed by atoms with Crippen molar-refractivity contribution in [1.82, 2.24) is 0 Å². The highest BCUT2D eigenvalue weighted by Gasteiger charge is 2.10. The Kier molecular flexibility index (Phi) is 4.99. The standard InChI is InChI=1S/C17H18FNO3/c1-11-4-6-14(13(18)8-11)19-17(20)10-22-15-7-5-12(2)9-16(15)21-3/h4-9H,10H2,1-3H3,(H,19,20). The average molecular weight is 303 g/mol. The third-order valence-corrected chi connectivity index (χ3v) is 3.08. The van der Waals surface area contributed by atoms with E-state index < -0.39 is 11.7 Å². The molecule has 0 spiro atoms. The molecular weight excluding hydrogens is 285 g/mol. The SMILES string of the molecule is COc1cc(C)ccc1OCC(=O)Nc1ccc(C)cc1F. The van der Waals surface area contributed by atoms with E-state index in [1.165, 1.54) is 19.2 Å². The summed E-state index contributed by atoms with van der Waals surface area (Å²) in [6, 6.07) is 10.0. The molecule has 0 bridgehead atoms. The molecule has 4 nitrogen and oxygen atoms in total. The second kappa shape index (κ2) is 6.93. The van der Waals surface area contributed by atoms with Crippen molar-refractivity contribution in [2.24, 2.45) is 0 Å². The first kappa shape index (κ1) is 15.8. The lowest BCUT2D eigenvalue weighted by Crippen LogP contribution is -2.21. The fourth-order valence-corrected chi connectivity index (χ4v) is 1.95. The Hall–Kier alpha value is -2.56. The molecule has 1 N–H and O–H groups in total. The van der Waals surface area contributed by atoms with Gasteiger partial charge in [-0.1, -0.05) is 12.1 Å². The Balaban J connectivity index is 1.98. The van der Waals surface area contributed by atoms with Crippen LogP contribution in [0.4, 0.5) is 10.1 Å². The molecule has 0 radical (unpaired) electrons.